The van der Waals surface area contributed by atoms with Crippen LogP contribution in [0.15, 0.2) is 47.4 Å². The molecule has 0 spiro atoms. The molecule has 1 aliphatic heterocycles. The van der Waals surface area contributed by atoms with E-state index in [-0.39, 0.29) is 6.04 Å². The molecule has 0 atom stereocenters. The molecule has 4 rings (SSSR count). The van der Waals surface area contributed by atoms with Crippen molar-refractivity contribution in [1.82, 2.24) is 9.62 Å². The van der Waals surface area contributed by atoms with Gasteiger partial charge in [0.1, 0.15) is 0 Å². The maximum atomic E-state index is 12.8. The first-order chi connectivity index (χ1) is 13.1. The van der Waals surface area contributed by atoms with Gasteiger partial charge in [0.05, 0.1) is 4.90 Å². The molecule has 2 fully saturated rings. The SMILES string of the molecule is O=S(=O)(NC1CCN(CC2CCCCC2)CC1)c1ccc2ccccc2c1. The topological polar surface area (TPSA) is 49.4 Å². The zero-order chi connectivity index (χ0) is 18.7. The lowest BCUT2D eigenvalue weighted by molar-refractivity contribution is 0.161. The van der Waals surface area contributed by atoms with Gasteiger partial charge in [0.15, 0.2) is 0 Å². The van der Waals surface area contributed by atoms with Gasteiger partial charge >= 0.3 is 0 Å². The summed E-state index contributed by atoms with van der Waals surface area (Å²) in [6, 6.07) is 13.3. The number of nitrogens with zero attached hydrogens (tertiary/aromatic N) is 1. The van der Waals surface area contributed by atoms with Crippen molar-refractivity contribution >= 4 is 20.8 Å². The van der Waals surface area contributed by atoms with E-state index in [0.717, 1.165) is 42.6 Å². The normalized spacial score (nSPS) is 20.9. The third-order valence-corrected chi connectivity index (χ3v) is 7.70. The molecule has 0 bridgehead atoms. The quantitative estimate of drug-likeness (QED) is 0.839. The molecule has 146 valence electrons. The second-order valence-corrected chi connectivity index (χ2v) is 9.92. The summed E-state index contributed by atoms with van der Waals surface area (Å²) in [7, 11) is -3.46. The molecule has 1 N–H and O–H groups in total. The maximum absolute atomic E-state index is 12.8. The molecule has 0 amide bonds. The lowest BCUT2D eigenvalue weighted by Gasteiger charge is -2.35. The molecule has 4 nitrogen and oxygen atoms in total. The van der Waals surface area contributed by atoms with E-state index in [2.05, 4.69) is 9.62 Å². The number of benzene rings is 2. The van der Waals surface area contributed by atoms with E-state index in [1.54, 1.807) is 12.1 Å². The molecule has 5 heteroatoms. The number of piperidine rings is 1. The van der Waals surface area contributed by atoms with Crippen LogP contribution in [0.3, 0.4) is 0 Å². The lowest BCUT2D eigenvalue weighted by Crippen LogP contribution is -2.45. The fourth-order valence-corrected chi connectivity index (χ4v) is 5.93. The Morgan fingerprint density at radius 2 is 1.59 bits per heavy atom. The molecule has 2 aliphatic rings. The molecule has 0 aromatic heterocycles. The number of fused-ring (bicyclic) bond motifs is 1. The predicted molar refractivity (Wildman–Crippen MR) is 110 cm³/mol. The standard InChI is InChI=1S/C22H30N2O2S/c25-27(26,22-11-10-19-8-4-5-9-20(19)16-22)23-21-12-14-24(15-13-21)17-18-6-2-1-3-7-18/h4-5,8-11,16,18,21,23H,1-3,6-7,12-15,17H2. The molecule has 2 aromatic carbocycles. The summed E-state index contributed by atoms with van der Waals surface area (Å²) in [5, 5.41) is 2.02. The average Bonchev–Trinajstić information content (AvgIpc) is 2.70. The third kappa shape index (κ3) is 4.71. The van der Waals surface area contributed by atoms with Crippen LogP contribution in [0.4, 0.5) is 0 Å². The van der Waals surface area contributed by atoms with Gasteiger partial charge in [-0.25, -0.2) is 13.1 Å². The van der Waals surface area contributed by atoms with Crippen LogP contribution in [0.1, 0.15) is 44.9 Å². The van der Waals surface area contributed by atoms with E-state index in [4.69, 9.17) is 0 Å². The molecule has 0 radical (unpaired) electrons. The van der Waals surface area contributed by atoms with Gasteiger partial charge in [-0.05, 0) is 67.6 Å². The Kier molecular flexibility index (Phi) is 5.81. The van der Waals surface area contributed by atoms with Crippen molar-refractivity contribution in [3.8, 4) is 0 Å². The summed E-state index contributed by atoms with van der Waals surface area (Å²) in [4.78, 5) is 2.91. The van der Waals surface area contributed by atoms with Crippen LogP contribution in [-0.2, 0) is 10.0 Å². The Labute approximate surface area is 163 Å². The van der Waals surface area contributed by atoms with E-state index < -0.39 is 10.0 Å². The van der Waals surface area contributed by atoms with Gasteiger partial charge in [0.25, 0.3) is 0 Å². The van der Waals surface area contributed by atoms with E-state index in [9.17, 15) is 8.42 Å². The molecule has 1 saturated carbocycles. The highest BCUT2D eigenvalue weighted by atomic mass is 32.2. The van der Waals surface area contributed by atoms with E-state index in [1.807, 2.05) is 30.3 Å². The third-order valence-electron chi connectivity index (χ3n) is 6.18. The Morgan fingerprint density at radius 3 is 2.33 bits per heavy atom. The molecule has 2 aromatic rings. The van der Waals surface area contributed by atoms with Crippen LogP contribution in [0.2, 0.25) is 0 Å². The van der Waals surface area contributed by atoms with Crippen molar-refractivity contribution in [3.63, 3.8) is 0 Å². The van der Waals surface area contributed by atoms with Gasteiger partial charge < -0.3 is 4.90 Å². The summed E-state index contributed by atoms with van der Waals surface area (Å²) in [6.45, 7) is 3.20. The van der Waals surface area contributed by atoms with Crippen LogP contribution < -0.4 is 4.72 Å². The van der Waals surface area contributed by atoms with Crippen LogP contribution >= 0.6 is 0 Å². The van der Waals surface area contributed by atoms with Crippen molar-refractivity contribution in [2.45, 2.75) is 55.9 Å². The maximum Gasteiger partial charge on any atom is 0.240 e. The van der Waals surface area contributed by atoms with Gasteiger partial charge in [-0.15, -0.1) is 0 Å². The Hall–Kier alpha value is -1.43. The zero-order valence-corrected chi connectivity index (χ0v) is 16.8. The van der Waals surface area contributed by atoms with Crippen LogP contribution in [0.5, 0.6) is 0 Å². The summed E-state index contributed by atoms with van der Waals surface area (Å²) in [5.41, 5.74) is 0. The monoisotopic (exact) mass is 386 g/mol. The highest BCUT2D eigenvalue weighted by molar-refractivity contribution is 7.89. The fourth-order valence-electron chi connectivity index (χ4n) is 4.59. The number of hydrogen-bond donors (Lipinski definition) is 1. The highest BCUT2D eigenvalue weighted by Crippen LogP contribution is 2.26. The Bertz CT molecular complexity index is 867. The smallest absolute Gasteiger partial charge is 0.240 e. The van der Waals surface area contributed by atoms with Gasteiger partial charge in [0, 0.05) is 12.6 Å². The minimum absolute atomic E-state index is 0.0454. The fraction of sp³-hybridized carbons (Fsp3) is 0.545. The molecule has 1 heterocycles. The average molecular weight is 387 g/mol. The van der Waals surface area contributed by atoms with Gasteiger partial charge in [-0.1, -0.05) is 49.6 Å². The molecule has 0 unspecified atom stereocenters. The van der Waals surface area contributed by atoms with Gasteiger partial charge in [0.2, 0.25) is 10.0 Å². The number of sulfonamides is 1. The first-order valence-corrected chi connectivity index (χ1v) is 11.8. The minimum atomic E-state index is -3.46. The highest BCUT2D eigenvalue weighted by Gasteiger charge is 2.26. The zero-order valence-electron chi connectivity index (χ0n) is 15.9. The van der Waals surface area contributed by atoms with Crippen molar-refractivity contribution in [1.29, 1.82) is 0 Å². The molecule has 1 saturated heterocycles. The second-order valence-electron chi connectivity index (χ2n) is 8.21. The van der Waals surface area contributed by atoms with E-state index >= 15 is 0 Å². The van der Waals surface area contributed by atoms with E-state index in [1.165, 1.54) is 38.6 Å². The largest absolute Gasteiger partial charge is 0.303 e. The Balaban J connectivity index is 1.34. The first-order valence-electron chi connectivity index (χ1n) is 10.3. The van der Waals surface area contributed by atoms with Crippen molar-refractivity contribution < 1.29 is 8.42 Å². The number of nitrogens with one attached hydrogen (secondary N) is 1. The van der Waals surface area contributed by atoms with Crippen LogP contribution in [-0.4, -0.2) is 39.0 Å². The van der Waals surface area contributed by atoms with Gasteiger partial charge in [-0.3, -0.25) is 0 Å². The van der Waals surface area contributed by atoms with Crippen LogP contribution in [0.25, 0.3) is 10.8 Å². The summed E-state index contributed by atoms with van der Waals surface area (Å²) >= 11 is 0. The first kappa shape index (κ1) is 18.9. The number of hydrogen-bond acceptors (Lipinski definition) is 3. The Morgan fingerprint density at radius 1 is 0.889 bits per heavy atom. The number of likely N-dealkylation sites (tertiary alicyclic amines) is 1. The lowest BCUT2D eigenvalue weighted by atomic mass is 9.88. The molecular formula is C22H30N2O2S. The molecule has 27 heavy (non-hydrogen) atoms. The minimum Gasteiger partial charge on any atom is -0.303 e. The molecular weight excluding hydrogens is 356 g/mol. The van der Waals surface area contributed by atoms with Crippen molar-refractivity contribution in [3.05, 3.63) is 42.5 Å². The van der Waals surface area contributed by atoms with Crippen LogP contribution in [0, 0.1) is 5.92 Å². The number of rotatable bonds is 5. The van der Waals surface area contributed by atoms with Crippen molar-refractivity contribution in [2.24, 2.45) is 5.92 Å². The van der Waals surface area contributed by atoms with E-state index in [0.29, 0.717) is 4.90 Å². The summed E-state index contributed by atoms with van der Waals surface area (Å²) < 4.78 is 28.6. The second kappa shape index (κ2) is 8.29. The predicted octanol–water partition coefficient (Wildman–Crippen LogP) is 4.16. The summed E-state index contributed by atoms with van der Waals surface area (Å²) in [5.74, 6) is 0.851. The van der Waals surface area contributed by atoms with Gasteiger partial charge in [-0.2, -0.15) is 0 Å². The van der Waals surface area contributed by atoms with Crippen molar-refractivity contribution in [2.75, 3.05) is 19.6 Å². The summed E-state index contributed by atoms with van der Waals surface area (Å²) in [6.07, 6.45) is 8.70. The molecule has 1 aliphatic carbocycles.